The van der Waals surface area contributed by atoms with E-state index >= 15 is 0 Å². The number of quaternary nitrogens is 1. The van der Waals surface area contributed by atoms with E-state index in [0.717, 1.165) is 5.84 Å². The van der Waals surface area contributed by atoms with E-state index in [1.165, 1.54) is 32.1 Å². The molecule has 0 aromatic rings. The second kappa shape index (κ2) is 4.93. The summed E-state index contributed by atoms with van der Waals surface area (Å²) in [6, 6.07) is 0.593. The summed E-state index contributed by atoms with van der Waals surface area (Å²) in [5.74, 6) is 0.747. The molecule has 0 radical (unpaired) electrons. The van der Waals surface area contributed by atoms with Gasteiger partial charge in [0, 0.05) is 0 Å². The zero-order valence-electron chi connectivity index (χ0n) is 7.55. The summed E-state index contributed by atoms with van der Waals surface area (Å²) >= 11 is 0. The van der Waals surface area contributed by atoms with Gasteiger partial charge in [-0.05, 0) is 25.7 Å². The molecule has 0 amide bonds. The molecule has 0 saturated heterocycles. The SMILES string of the molecule is NC(/C=C\[NH3+])=[NH+]C1CCCCC1. The highest BCUT2D eigenvalue weighted by atomic mass is 14.9. The van der Waals surface area contributed by atoms with Crippen LogP contribution in [0.1, 0.15) is 32.1 Å². The third-order valence-corrected chi connectivity index (χ3v) is 2.27. The summed E-state index contributed by atoms with van der Waals surface area (Å²) in [6.45, 7) is 0. The van der Waals surface area contributed by atoms with Gasteiger partial charge < -0.3 is 5.73 Å². The molecule has 0 aliphatic heterocycles. The third kappa shape index (κ3) is 3.05. The molecule has 68 valence electrons. The van der Waals surface area contributed by atoms with Crippen LogP contribution in [0.3, 0.4) is 0 Å². The third-order valence-electron chi connectivity index (χ3n) is 2.27. The first-order valence-electron chi connectivity index (χ1n) is 4.67. The Morgan fingerprint density at radius 2 is 2.00 bits per heavy atom. The molecular weight excluding hydrogens is 150 g/mol. The smallest absolute Gasteiger partial charge is 0.270 e. The Kier molecular flexibility index (Phi) is 3.80. The van der Waals surface area contributed by atoms with Gasteiger partial charge in [-0.1, -0.05) is 6.42 Å². The average Bonchev–Trinajstić information content (AvgIpc) is 2.06. The second-order valence-corrected chi connectivity index (χ2v) is 3.34. The van der Waals surface area contributed by atoms with Gasteiger partial charge in [0.1, 0.15) is 0 Å². The topological polar surface area (TPSA) is 67.6 Å². The molecule has 1 fully saturated rings. The molecule has 0 unspecified atom stereocenters. The zero-order valence-corrected chi connectivity index (χ0v) is 7.55. The average molecular weight is 169 g/mol. The number of hydrogen-bond acceptors (Lipinski definition) is 0. The minimum atomic E-state index is 0.593. The number of amidine groups is 1. The van der Waals surface area contributed by atoms with Gasteiger partial charge in [0.05, 0.1) is 18.3 Å². The van der Waals surface area contributed by atoms with E-state index in [-0.39, 0.29) is 0 Å². The molecule has 0 atom stereocenters. The molecule has 1 saturated carbocycles. The normalized spacial score (nSPS) is 21.9. The Labute approximate surface area is 73.5 Å². The van der Waals surface area contributed by atoms with Crippen LogP contribution < -0.4 is 16.5 Å². The highest BCUT2D eigenvalue weighted by molar-refractivity contribution is 5.85. The lowest BCUT2D eigenvalue weighted by molar-refractivity contribution is -0.507. The van der Waals surface area contributed by atoms with E-state index in [9.17, 15) is 0 Å². The quantitative estimate of drug-likeness (QED) is 0.342. The summed E-state index contributed by atoms with van der Waals surface area (Å²) in [7, 11) is 0. The summed E-state index contributed by atoms with van der Waals surface area (Å²) in [5, 5.41) is 0. The molecule has 1 aliphatic carbocycles. The van der Waals surface area contributed by atoms with Gasteiger partial charge in [-0.2, -0.15) is 0 Å². The fourth-order valence-electron chi connectivity index (χ4n) is 1.66. The molecule has 6 N–H and O–H groups in total. The maximum absolute atomic E-state index is 5.69. The second-order valence-electron chi connectivity index (χ2n) is 3.34. The van der Waals surface area contributed by atoms with Crippen molar-refractivity contribution in [3.63, 3.8) is 0 Å². The zero-order chi connectivity index (χ0) is 8.81. The van der Waals surface area contributed by atoms with Gasteiger partial charge in [0.2, 0.25) is 0 Å². The molecular formula is C9H19N3+2. The Bertz CT molecular complexity index is 178. The standard InChI is InChI=1S/C9H17N3/c10-7-6-9(11)12-8-4-2-1-3-5-8/h6-8H,1-5,10H2,(H2,11,12)/p+2/b7-6-. The molecule has 1 rings (SSSR count). The summed E-state index contributed by atoms with van der Waals surface area (Å²) in [6.07, 6.45) is 10.1. The maximum Gasteiger partial charge on any atom is 0.270 e. The van der Waals surface area contributed by atoms with Gasteiger partial charge in [-0.15, -0.1) is 0 Å². The van der Waals surface area contributed by atoms with Gasteiger partial charge >= 0.3 is 0 Å². The van der Waals surface area contributed by atoms with Crippen molar-refractivity contribution in [3.05, 3.63) is 12.3 Å². The number of rotatable bonds is 2. The largest absolute Gasteiger partial charge is 0.331 e. The van der Waals surface area contributed by atoms with Crippen molar-refractivity contribution in [3.8, 4) is 0 Å². The Balaban J connectivity index is 2.41. The van der Waals surface area contributed by atoms with Crippen molar-refractivity contribution in [2.45, 2.75) is 38.1 Å². The van der Waals surface area contributed by atoms with Crippen LogP contribution in [0.2, 0.25) is 0 Å². The van der Waals surface area contributed by atoms with E-state index in [0.29, 0.717) is 6.04 Å². The monoisotopic (exact) mass is 169 g/mol. The molecule has 0 bridgehead atoms. The van der Waals surface area contributed by atoms with E-state index in [4.69, 9.17) is 5.73 Å². The highest BCUT2D eigenvalue weighted by Crippen LogP contribution is 2.13. The van der Waals surface area contributed by atoms with Gasteiger partial charge in [-0.3, -0.25) is 10.7 Å². The van der Waals surface area contributed by atoms with Crippen LogP contribution in [-0.4, -0.2) is 11.9 Å². The Hall–Kier alpha value is -0.830. The predicted octanol–water partition coefficient (Wildman–Crippen LogP) is -1.49. The fraction of sp³-hybridized carbons (Fsp3) is 0.667. The molecule has 0 aromatic heterocycles. The molecule has 0 heterocycles. The van der Waals surface area contributed by atoms with Crippen LogP contribution in [0.5, 0.6) is 0 Å². The van der Waals surface area contributed by atoms with Crippen molar-refractivity contribution < 1.29 is 10.7 Å². The van der Waals surface area contributed by atoms with Gasteiger partial charge in [0.15, 0.2) is 0 Å². The lowest BCUT2D eigenvalue weighted by Crippen LogP contribution is -2.81. The lowest BCUT2D eigenvalue weighted by atomic mass is 9.96. The van der Waals surface area contributed by atoms with Crippen LogP contribution in [0.4, 0.5) is 0 Å². The lowest BCUT2D eigenvalue weighted by Gasteiger charge is -2.15. The molecule has 12 heavy (non-hydrogen) atoms. The Morgan fingerprint density at radius 1 is 1.33 bits per heavy atom. The molecule has 3 heteroatoms. The van der Waals surface area contributed by atoms with E-state index in [1.54, 1.807) is 6.20 Å². The maximum atomic E-state index is 5.69. The molecule has 3 nitrogen and oxygen atoms in total. The minimum Gasteiger partial charge on any atom is -0.331 e. The Morgan fingerprint density at radius 3 is 2.58 bits per heavy atom. The van der Waals surface area contributed by atoms with Crippen LogP contribution in [-0.2, 0) is 0 Å². The predicted molar refractivity (Wildman–Crippen MR) is 49.1 cm³/mol. The van der Waals surface area contributed by atoms with Crippen molar-refractivity contribution in [2.24, 2.45) is 5.73 Å². The minimum absolute atomic E-state index is 0.593. The van der Waals surface area contributed by atoms with Crippen molar-refractivity contribution in [1.82, 2.24) is 0 Å². The van der Waals surface area contributed by atoms with E-state index in [1.807, 2.05) is 6.08 Å². The van der Waals surface area contributed by atoms with Gasteiger partial charge in [-0.25, -0.2) is 0 Å². The highest BCUT2D eigenvalue weighted by Gasteiger charge is 2.13. The first-order valence-corrected chi connectivity index (χ1v) is 4.67. The summed E-state index contributed by atoms with van der Waals surface area (Å²) in [4.78, 5) is 3.29. The molecule has 0 spiro atoms. The van der Waals surface area contributed by atoms with E-state index < -0.39 is 0 Å². The number of nitrogens with one attached hydrogen (secondary N) is 1. The van der Waals surface area contributed by atoms with Crippen LogP contribution in [0, 0.1) is 0 Å². The molecule has 0 aromatic carbocycles. The van der Waals surface area contributed by atoms with Crippen LogP contribution in [0.15, 0.2) is 12.3 Å². The van der Waals surface area contributed by atoms with Crippen LogP contribution >= 0.6 is 0 Å². The van der Waals surface area contributed by atoms with E-state index in [2.05, 4.69) is 10.7 Å². The van der Waals surface area contributed by atoms with Crippen LogP contribution in [0.25, 0.3) is 0 Å². The fourth-order valence-corrected chi connectivity index (χ4v) is 1.66. The summed E-state index contributed by atoms with van der Waals surface area (Å²) in [5.41, 5.74) is 9.29. The van der Waals surface area contributed by atoms with Crippen molar-refractivity contribution in [1.29, 1.82) is 0 Å². The summed E-state index contributed by atoms with van der Waals surface area (Å²) < 4.78 is 0. The van der Waals surface area contributed by atoms with Crippen molar-refractivity contribution in [2.75, 3.05) is 0 Å². The molecule has 1 aliphatic rings. The first-order chi connectivity index (χ1) is 5.83. The first kappa shape index (κ1) is 9.26. The number of nitrogens with two attached hydrogens (primary N) is 1. The van der Waals surface area contributed by atoms with Crippen molar-refractivity contribution >= 4 is 5.84 Å². The number of hydrogen-bond donors (Lipinski definition) is 3. The van der Waals surface area contributed by atoms with Gasteiger partial charge in [0.25, 0.3) is 5.84 Å².